The smallest absolute Gasteiger partial charge is 0.326 e. The lowest BCUT2D eigenvalue weighted by molar-refractivity contribution is -0.143. The van der Waals surface area contributed by atoms with E-state index in [2.05, 4.69) is 33.6 Å². The molecule has 10 N–H and O–H groups in total. The quantitative estimate of drug-likeness (QED) is 0.114. The molecule has 1 aromatic carbocycles. The summed E-state index contributed by atoms with van der Waals surface area (Å²) in [6.07, 6.45) is 0.0850. The van der Waals surface area contributed by atoms with Crippen LogP contribution in [0.1, 0.15) is 24.8 Å². The third-order valence-electron chi connectivity index (χ3n) is 5.57. The summed E-state index contributed by atoms with van der Waals surface area (Å²) in [7, 11) is 0. The van der Waals surface area contributed by atoms with Crippen molar-refractivity contribution >= 4 is 59.1 Å². The number of benzene rings is 1. The maximum Gasteiger partial charge on any atom is 0.326 e. The highest BCUT2D eigenvalue weighted by molar-refractivity contribution is 7.80. The molecule has 0 radical (unpaired) electrons. The zero-order valence-electron chi connectivity index (χ0n) is 20.2. The van der Waals surface area contributed by atoms with Gasteiger partial charge in [-0.25, -0.2) is 4.79 Å². The van der Waals surface area contributed by atoms with Gasteiger partial charge in [0.15, 0.2) is 0 Å². The van der Waals surface area contributed by atoms with Crippen molar-refractivity contribution in [2.45, 2.75) is 49.9 Å². The highest BCUT2D eigenvalue weighted by Crippen LogP contribution is 2.19. The molecule has 0 aliphatic rings. The molecule has 38 heavy (non-hydrogen) atoms. The van der Waals surface area contributed by atoms with E-state index in [1.165, 1.54) is 0 Å². The Morgan fingerprint density at radius 1 is 0.921 bits per heavy atom. The van der Waals surface area contributed by atoms with Crippen LogP contribution >= 0.6 is 12.6 Å². The number of hydrogen-bond acceptors (Lipinski definition) is 8. The van der Waals surface area contributed by atoms with Crippen LogP contribution in [0.15, 0.2) is 30.5 Å². The molecule has 0 bridgehead atoms. The van der Waals surface area contributed by atoms with Crippen LogP contribution in [-0.2, 0) is 35.2 Å². The van der Waals surface area contributed by atoms with Crippen molar-refractivity contribution in [3.63, 3.8) is 0 Å². The van der Waals surface area contributed by atoms with Gasteiger partial charge in [0.25, 0.3) is 0 Å². The summed E-state index contributed by atoms with van der Waals surface area (Å²) in [6.45, 7) is 0. The van der Waals surface area contributed by atoms with E-state index >= 15 is 0 Å². The first-order valence-electron chi connectivity index (χ1n) is 11.5. The summed E-state index contributed by atoms with van der Waals surface area (Å²) in [5.41, 5.74) is 12.0. The van der Waals surface area contributed by atoms with Crippen molar-refractivity contribution in [2.75, 3.05) is 5.75 Å². The van der Waals surface area contributed by atoms with E-state index in [4.69, 9.17) is 11.5 Å². The summed E-state index contributed by atoms with van der Waals surface area (Å²) >= 11 is 3.90. The van der Waals surface area contributed by atoms with E-state index in [1.54, 1.807) is 30.5 Å². The fourth-order valence-corrected chi connectivity index (χ4v) is 3.73. The van der Waals surface area contributed by atoms with Crippen molar-refractivity contribution in [1.29, 1.82) is 0 Å². The van der Waals surface area contributed by atoms with E-state index in [0.717, 1.165) is 10.9 Å². The van der Waals surface area contributed by atoms with Crippen molar-refractivity contribution in [3.8, 4) is 0 Å². The number of thiol groups is 1. The Labute approximate surface area is 222 Å². The highest BCUT2D eigenvalue weighted by atomic mass is 32.1. The third kappa shape index (κ3) is 8.77. The number of aromatic amines is 1. The van der Waals surface area contributed by atoms with E-state index in [9.17, 15) is 39.0 Å². The highest BCUT2D eigenvalue weighted by Gasteiger charge is 2.32. The molecule has 4 unspecified atom stereocenters. The van der Waals surface area contributed by atoms with E-state index < -0.39 is 66.2 Å². The predicted octanol–water partition coefficient (Wildman–Crippen LogP) is -1.75. The molecule has 0 spiro atoms. The Bertz CT molecular complexity index is 1200. The molecular weight excluding hydrogens is 520 g/mol. The second-order valence-corrected chi connectivity index (χ2v) is 8.84. The largest absolute Gasteiger partial charge is 0.481 e. The minimum Gasteiger partial charge on any atom is -0.481 e. The van der Waals surface area contributed by atoms with Gasteiger partial charge in [-0.3, -0.25) is 24.0 Å². The van der Waals surface area contributed by atoms with E-state index in [0.29, 0.717) is 5.56 Å². The number of H-pyrrole nitrogens is 1. The van der Waals surface area contributed by atoms with Crippen LogP contribution in [0.2, 0.25) is 0 Å². The van der Waals surface area contributed by atoms with Crippen LogP contribution in [0.4, 0.5) is 0 Å². The number of carboxylic acid groups (broad SMARTS) is 2. The Hall–Kier alpha value is -4.11. The Morgan fingerprint density at radius 2 is 1.53 bits per heavy atom. The van der Waals surface area contributed by atoms with Crippen molar-refractivity contribution < 1.29 is 39.0 Å². The average molecular weight is 551 g/mol. The number of nitrogens with two attached hydrogens (primary N) is 2. The van der Waals surface area contributed by atoms with E-state index in [-0.39, 0.29) is 25.0 Å². The van der Waals surface area contributed by atoms with Gasteiger partial charge in [-0.15, -0.1) is 0 Å². The first-order chi connectivity index (χ1) is 17.9. The zero-order chi connectivity index (χ0) is 28.4. The normalized spacial score (nSPS) is 14.1. The van der Waals surface area contributed by atoms with Crippen LogP contribution in [0.3, 0.4) is 0 Å². The second-order valence-electron chi connectivity index (χ2n) is 8.48. The number of para-hydroxylation sites is 1. The number of aliphatic carboxylic acids is 2. The Balaban J connectivity index is 2.33. The van der Waals surface area contributed by atoms with Crippen LogP contribution in [-0.4, -0.2) is 80.7 Å². The maximum atomic E-state index is 13.2. The molecule has 15 heteroatoms. The predicted molar refractivity (Wildman–Crippen MR) is 138 cm³/mol. The van der Waals surface area contributed by atoms with Crippen LogP contribution < -0.4 is 27.4 Å². The van der Waals surface area contributed by atoms with Crippen LogP contribution in [0, 0.1) is 0 Å². The number of primary amides is 1. The summed E-state index contributed by atoms with van der Waals surface area (Å²) in [4.78, 5) is 75.5. The number of hydrogen-bond donors (Lipinski definition) is 9. The molecule has 0 saturated heterocycles. The number of fused-ring (bicyclic) bond motifs is 1. The van der Waals surface area contributed by atoms with Gasteiger partial charge < -0.3 is 42.6 Å². The molecule has 0 fully saturated rings. The van der Waals surface area contributed by atoms with Gasteiger partial charge in [-0.05, 0) is 18.1 Å². The first kappa shape index (κ1) is 30.1. The molecule has 0 aliphatic heterocycles. The molecule has 206 valence electrons. The number of carbonyl (C=O) groups excluding carboxylic acids is 4. The maximum absolute atomic E-state index is 13.2. The Morgan fingerprint density at radius 3 is 2.13 bits per heavy atom. The average Bonchev–Trinajstić information content (AvgIpc) is 3.27. The minimum absolute atomic E-state index is 0.0687. The summed E-state index contributed by atoms with van der Waals surface area (Å²) in [5, 5.41) is 26.4. The summed E-state index contributed by atoms with van der Waals surface area (Å²) < 4.78 is 0. The second kappa shape index (κ2) is 14.0. The molecule has 4 amide bonds. The fourth-order valence-electron chi connectivity index (χ4n) is 3.56. The van der Waals surface area contributed by atoms with Gasteiger partial charge in [-0.1, -0.05) is 18.2 Å². The molecule has 2 rings (SSSR count). The van der Waals surface area contributed by atoms with Crippen molar-refractivity contribution in [2.24, 2.45) is 11.5 Å². The molecule has 0 aliphatic carbocycles. The SMILES string of the molecule is NC(=O)CCC(NC(=O)C(Cc1c[nH]c2ccccc12)NC(=O)C(CC(=O)O)NC(=O)C(N)CS)C(=O)O. The number of nitrogens with one attached hydrogen (secondary N) is 4. The van der Waals surface area contributed by atoms with Crippen LogP contribution in [0.25, 0.3) is 10.9 Å². The van der Waals surface area contributed by atoms with Gasteiger partial charge in [0.05, 0.1) is 12.5 Å². The van der Waals surface area contributed by atoms with Gasteiger partial charge in [0.1, 0.15) is 18.1 Å². The molecule has 0 saturated carbocycles. The lowest BCUT2D eigenvalue weighted by atomic mass is 10.0. The van der Waals surface area contributed by atoms with Crippen LogP contribution in [0.5, 0.6) is 0 Å². The molecule has 4 atom stereocenters. The monoisotopic (exact) mass is 550 g/mol. The topological polar surface area (TPSA) is 247 Å². The van der Waals surface area contributed by atoms with Gasteiger partial charge >= 0.3 is 11.9 Å². The van der Waals surface area contributed by atoms with Crippen molar-refractivity contribution in [1.82, 2.24) is 20.9 Å². The number of carboxylic acids is 2. The number of carbonyl (C=O) groups is 6. The summed E-state index contributed by atoms with van der Waals surface area (Å²) in [6, 6.07) is 1.55. The molecular formula is C23H30N6O8S. The number of aromatic nitrogens is 1. The fraction of sp³-hybridized carbons (Fsp3) is 0.391. The first-order valence-corrected chi connectivity index (χ1v) is 12.1. The van der Waals surface area contributed by atoms with Gasteiger partial charge in [0, 0.05) is 35.7 Å². The van der Waals surface area contributed by atoms with Gasteiger partial charge in [-0.2, -0.15) is 12.6 Å². The molecule has 2 aromatic rings. The van der Waals surface area contributed by atoms with E-state index in [1.807, 2.05) is 0 Å². The number of amides is 4. The number of rotatable bonds is 15. The minimum atomic E-state index is -1.59. The molecule has 1 aromatic heterocycles. The van der Waals surface area contributed by atoms with Gasteiger partial charge in [0.2, 0.25) is 23.6 Å². The Kier molecular flexibility index (Phi) is 11.1. The molecule has 1 heterocycles. The third-order valence-corrected chi connectivity index (χ3v) is 5.96. The lowest BCUT2D eigenvalue weighted by Crippen LogP contribution is -2.58. The zero-order valence-corrected chi connectivity index (χ0v) is 21.1. The summed E-state index contributed by atoms with van der Waals surface area (Å²) in [5.74, 6) is -6.39. The standard InChI is InChI=1S/C23H30N6O8S/c24-13(10-38)20(33)28-17(8-19(31)32)22(35)29-16(7-11-9-26-14-4-2-1-3-12(11)14)21(34)27-15(23(36)37)5-6-18(25)30/h1-4,9,13,15-17,26,38H,5-8,10,24H2,(H2,25,30)(H,27,34)(H,28,33)(H,29,35)(H,31,32)(H,36,37). The lowest BCUT2D eigenvalue weighted by Gasteiger charge is -2.24. The molecule has 14 nitrogen and oxygen atoms in total. The van der Waals surface area contributed by atoms with Crippen molar-refractivity contribution in [3.05, 3.63) is 36.0 Å².